The number of H-pyrrole nitrogens is 1. The molecule has 2 aromatic heterocycles. The van der Waals surface area contributed by atoms with Gasteiger partial charge in [0.05, 0.1) is 6.61 Å². The number of rotatable bonds is 6. The number of pyridine rings is 1. The molecule has 1 N–H and O–H groups in total. The Balaban J connectivity index is 1.68. The van der Waals surface area contributed by atoms with Crippen molar-refractivity contribution in [3.8, 4) is 11.4 Å². The molecule has 0 radical (unpaired) electrons. The van der Waals surface area contributed by atoms with Crippen molar-refractivity contribution in [3.63, 3.8) is 0 Å². The third kappa shape index (κ3) is 4.11. The maximum Gasteiger partial charge on any atom is 0.264 e. The maximum atomic E-state index is 12.6. The molecular weight excluding hydrogens is 320 g/mol. The first-order chi connectivity index (χ1) is 12.2. The summed E-state index contributed by atoms with van der Waals surface area (Å²) in [6.07, 6.45) is 6.49. The number of carbonyl (C=O) groups is 1. The van der Waals surface area contributed by atoms with E-state index < -0.39 is 5.56 Å². The molecule has 1 saturated heterocycles. The molecule has 1 aliphatic rings. The second-order valence-electron chi connectivity index (χ2n) is 6.20. The van der Waals surface area contributed by atoms with Gasteiger partial charge in [0.2, 0.25) is 0 Å². The molecular formula is C18H22N4O3. The van der Waals surface area contributed by atoms with Crippen LogP contribution in [-0.4, -0.2) is 52.1 Å². The Morgan fingerprint density at radius 1 is 1.44 bits per heavy atom. The molecule has 7 nitrogen and oxygen atoms in total. The zero-order valence-corrected chi connectivity index (χ0v) is 14.3. The molecule has 0 aliphatic carbocycles. The van der Waals surface area contributed by atoms with Crippen LogP contribution in [0, 0.1) is 5.92 Å². The van der Waals surface area contributed by atoms with Crippen LogP contribution in [0.25, 0.3) is 11.4 Å². The van der Waals surface area contributed by atoms with Gasteiger partial charge in [-0.05, 0) is 25.0 Å². The van der Waals surface area contributed by atoms with Gasteiger partial charge in [-0.25, -0.2) is 4.98 Å². The molecule has 0 aromatic carbocycles. The number of hydrogen-bond donors (Lipinski definition) is 1. The van der Waals surface area contributed by atoms with Crippen molar-refractivity contribution in [2.24, 2.45) is 5.92 Å². The predicted octanol–water partition coefficient (Wildman–Crippen LogP) is 1.72. The third-order valence-electron chi connectivity index (χ3n) is 4.24. The van der Waals surface area contributed by atoms with Crippen LogP contribution >= 0.6 is 0 Å². The maximum absolute atomic E-state index is 12.6. The molecule has 0 saturated carbocycles. The van der Waals surface area contributed by atoms with E-state index in [9.17, 15) is 9.59 Å². The molecule has 132 valence electrons. The van der Waals surface area contributed by atoms with E-state index >= 15 is 0 Å². The van der Waals surface area contributed by atoms with Crippen LogP contribution < -0.4 is 5.56 Å². The monoisotopic (exact) mass is 342 g/mol. The van der Waals surface area contributed by atoms with E-state index in [4.69, 9.17) is 4.74 Å². The molecule has 0 bridgehead atoms. The first-order valence-electron chi connectivity index (χ1n) is 8.55. The number of carbonyl (C=O) groups excluding carboxylic acids is 1. The van der Waals surface area contributed by atoms with Crippen molar-refractivity contribution in [3.05, 3.63) is 46.6 Å². The number of nitrogens with one attached hydrogen (secondary N) is 1. The summed E-state index contributed by atoms with van der Waals surface area (Å²) in [5, 5.41) is 0. The fourth-order valence-electron chi connectivity index (χ4n) is 2.91. The average Bonchev–Trinajstić information content (AvgIpc) is 3.11. The number of ether oxygens (including phenoxy) is 1. The van der Waals surface area contributed by atoms with Gasteiger partial charge in [0.15, 0.2) is 0 Å². The zero-order chi connectivity index (χ0) is 17.6. The molecule has 1 amide bonds. The fraction of sp³-hybridized carbons (Fsp3) is 0.444. The number of hydrogen-bond acceptors (Lipinski definition) is 5. The Kier molecular flexibility index (Phi) is 5.55. The number of amides is 1. The van der Waals surface area contributed by atoms with Crippen molar-refractivity contribution in [2.45, 2.75) is 19.8 Å². The smallest absolute Gasteiger partial charge is 0.264 e. The van der Waals surface area contributed by atoms with Gasteiger partial charge in [0.25, 0.3) is 11.5 Å². The van der Waals surface area contributed by atoms with E-state index in [0.29, 0.717) is 37.0 Å². The van der Waals surface area contributed by atoms with Crippen LogP contribution in [0.4, 0.5) is 0 Å². The first-order valence-corrected chi connectivity index (χ1v) is 8.55. The van der Waals surface area contributed by atoms with Crippen molar-refractivity contribution < 1.29 is 9.53 Å². The Morgan fingerprint density at radius 3 is 3.04 bits per heavy atom. The third-order valence-corrected chi connectivity index (χ3v) is 4.24. The average molecular weight is 342 g/mol. The number of nitrogens with zero attached hydrogens (tertiary/aromatic N) is 3. The summed E-state index contributed by atoms with van der Waals surface area (Å²) < 4.78 is 5.56. The molecule has 1 atom stereocenters. The van der Waals surface area contributed by atoms with Gasteiger partial charge in [-0.3, -0.25) is 14.6 Å². The Morgan fingerprint density at radius 2 is 2.32 bits per heavy atom. The van der Waals surface area contributed by atoms with Crippen LogP contribution in [0.1, 0.15) is 30.1 Å². The Bertz CT molecular complexity index is 775. The summed E-state index contributed by atoms with van der Waals surface area (Å²) in [6.45, 7) is 4.73. The minimum Gasteiger partial charge on any atom is -0.381 e. The van der Waals surface area contributed by atoms with E-state index in [1.807, 2.05) is 0 Å². The van der Waals surface area contributed by atoms with E-state index in [1.165, 1.54) is 6.20 Å². The quantitative estimate of drug-likeness (QED) is 0.808. The minimum atomic E-state index is -0.426. The normalized spacial score (nSPS) is 17.0. The summed E-state index contributed by atoms with van der Waals surface area (Å²) in [5.41, 5.74) is 0.347. The highest BCUT2D eigenvalue weighted by atomic mass is 16.5. The van der Waals surface area contributed by atoms with Gasteiger partial charge in [-0.2, -0.15) is 0 Å². The Hall–Kier alpha value is -2.54. The van der Waals surface area contributed by atoms with Crippen molar-refractivity contribution in [1.82, 2.24) is 19.9 Å². The van der Waals surface area contributed by atoms with Crippen molar-refractivity contribution in [2.75, 3.05) is 26.3 Å². The number of aromatic nitrogens is 3. The van der Waals surface area contributed by atoms with Crippen LogP contribution in [0.3, 0.4) is 0 Å². The van der Waals surface area contributed by atoms with Crippen LogP contribution in [0.2, 0.25) is 0 Å². The SMILES string of the molecule is CCCOCC1CCN(C(=O)c2cnc(-c3cccnc3)[nH]c2=O)C1. The summed E-state index contributed by atoms with van der Waals surface area (Å²) in [6, 6.07) is 3.56. The van der Waals surface area contributed by atoms with Gasteiger partial charge in [0, 0.05) is 49.8 Å². The molecule has 3 heterocycles. The lowest BCUT2D eigenvalue weighted by atomic mass is 10.1. The summed E-state index contributed by atoms with van der Waals surface area (Å²) in [7, 11) is 0. The number of aromatic amines is 1. The van der Waals surface area contributed by atoms with Gasteiger partial charge in [-0.15, -0.1) is 0 Å². The summed E-state index contributed by atoms with van der Waals surface area (Å²) in [5.74, 6) is 0.462. The predicted molar refractivity (Wildman–Crippen MR) is 93.2 cm³/mol. The second-order valence-corrected chi connectivity index (χ2v) is 6.20. The molecule has 1 fully saturated rings. The molecule has 3 rings (SSSR count). The molecule has 0 spiro atoms. The highest BCUT2D eigenvalue weighted by Gasteiger charge is 2.28. The topological polar surface area (TPSA) is 88.2 Å². The lowest BCUT2D eigenvalue weighted by Gasteiger charge is -2.16. The van der Waals surface area contributed by atoms with Crippen LogP contribution in [0.15, 0.2) is 35.5 Å². The van der Waals surface area contributed by atoms with Crippen molar-refractivity contribution >= 4 is 5.91 Å². The summed E-state index contributed by atoms with van der Waals surface area (Å²) >= 11 is 0. The number of likely N-dealkylation sites (tertiary alicyclic amines) is 1. The first kappa shape index (κ1) is 17.3. The molecule has 1 unspecified atom stereocenters. The van der Waals surface area contributed by atoms with E-state index in [2.05, 4.69) is 21.9 Å². The van der Waals surface area contributed by atoms with Gasteiger partial charge >= 0.3 is 0 Å². The lowest BCUT2D eigenvalue weighted by Crippen LogP contribution is -2.33. The fourth-order valence-corrected chi connectivity index (χ4v) is 2.91. The molecule has 2 aromatic rings. The van der Waals surface area contributed by atoms with Gasteiger partial charge < -0.3 is 14.6 Å². The lowest BCUT2D eigenvalue weighted by molar-refractivity contribution is 0.0752. The van der Waals surface area contributed by atoms with Crippen LogP contribution in [-0.2, 0) is 4.74 Å². The largest absolute Gasteiger partial charge is 0.381 e. The van der Waals surface area contributed by atoms with E-state index in [0.717, 1.165) is 19.4 Å². The molecule has 7 heteroatoms. The van der Waals surface area contributed by atoms with Gasteiger partial charge in [0.1, 0.15) is 11.4 Å². The molecule has 1 aliphatic heterocycles. The zero-order valence-electron chi connectivity index (χ0n) is 14.3. The van der Waals surface area contributed by atoms with Gasteiger partial charge in [-0.1, -0.05) is 6.92 Å². The van der Waals surface area contributed by atoms with E-state index in [1.54, 1.807) is 29.4 Å². The standard InChI is InChI=1S/C18H22N4O3/c1-2-8-25-12-13-5-7-22(11-13)18(24)15-10-20-16(21-17(15)23)14-4-3-6-19-9-14/h3-4,6,9-10,13H,2,5,7-8,11-12H2,1H3,(H,20,21,23). The highest BCUT2D eigenvalue weighted by Crippen LogP contribution is 2.18. The van der Waals surface area contributed by atoms with E-state index in [-0.39, 0.29) is 11.5 Å². The Labute approximate surface area is 146 Å². The summed E-state index contributed by atoms with van der Waals surface area (Å²) in [4.78, 5) is 37.5. The highest BCUT2D eigenvalue weighted by molar-refractivity contribution is 5.93. The van der Waals surface area contributed by atoms with Crippen molar-refractivity contribution in [1.29, 1.82) is 0 Å². The second kappa shape index (κ2) is 8.02. The van der Waals surface area contributed by atoms with Crippen LogP contribution in [0.5, 0.6) is 0 Å². The molecule has 25 heavy (non-hydrogen) atoms. The minimum absolute atomic E-state index is 0.0720.